The van der Waals surface area contributed by atoms with E-state index in [-0.39, 0.29) is 6.54 Å². The summed E-state index contributed by atoms with van der Waals surface area (Å²) in [6.07, 6.45) is 0. The molecule has 0 bridgehead atoms. The lowest BCUT2D eigenvalue weighted by atomic mass is 10.0. The Bertz CT molecular complexity index is 770. The van der Waals surface area contributed by atoms with Crippen molar-refractivity contribution in [1.82, 2.24) is 4.90 Å². The van der Waals surface area contributed by atoms with E-state index in [1.165, 1.54) is 0 Å². The number of carbonyl (C=O) groups excluding carboxylic acids is 1. The van der Waals surface area contributed by atoms with Gasteiger partial charge in [-0.1, -0.05) is 30.3 Å². The first-order valence-electron chi connectivity index (χ1n) is 7.43. The maximum atomic E-state index is 14.0. The van der Waals surface area contributed by atoms with Gasteiger partial charge >= 0.3 is 0 Å². The van der Waals surface area contributed by atoms with Crippen molar-refractivity contribution in [1.29, 1.82) is 0 Å². The molecule has 0 aliphatic rings. The molecule has 2 nitrogen and oxygen atoms in total. The Balaban J connectivity index is 2.55. The molecule has 134 valence electrons. The summed E-state index contributed by atoms with van der Waals surface area (Å²) in [5.74, 6) is -12.1. The van der Waals surface area contributed by atoms with Gasteiger partial charge in [0.05, 0.1) is 0 Å². The molecule has 0 heterocycles. The SMILES string of the molecule is CC(C)(C)N(Cc1ccccc1)C(=O)c1c(F)c(F)c(F)c(F)c1F. The first-order chi connectivity index (χ1) is 11.6. The van der Waals surface area contributed by atoms with E-state index in [1.807, 2.05) is 0 Å². The van der Waals surface area contributed by atoms with Crippen LogP contribution in [0.5, 0.6) is 0 Å². The highest BCUT2D eigenvalue weighted by Gasteiger charge is 2.35. The lowest BCUT2D eigenvalue weighted by molar-refractivity contribution is 0.0545. The van der Waals surface area contributed by atoms with E-state index in [4.69, 9.17) is 0 Å². The van der Waals surface area contributed by atoms with Gasteiger partial charge in [0.2, 0.25) is 5.82 Å². The fraction of sp³-hybridized carbons (Fsp3) is 0.278. The van der Waals surface area contributed by atoms with Gasteiger partial charge in [-0.25, -0.2) is 22.0 Å². The molecular formula is C18H16F5NO. The number of carbonyl (C=O) groups is 1. The van der Waals surface area contributed by atoms with Crippen molar-refractivity contribution in [2.24, 2.45) is 0 Å². The number of amides is 1. The minimum atomic E-state index is -2.29. The molecule has 0 saturated heterocycles. The van der Waals surface area contributed by atoms with E-state index in [0.717, 1.165) is 4.90 Å². The highest BCUT2D eigenvalue weighted by atomic mass is 19.2. The van der Waals surface area contributed by atoms with Crippen LogP contribution in [0.1, 0.15) is 36.7 Å². The van der Waals surface area contributed by atoms with E-state index in [9.17, 15) is 26.7 Å². The predicted molar refractivity (Wildman–Crippen MR) is 82.3 cm³/mol. The molecule has 0 unspecified atom stereocenters. The van der Waals surface area contributed by atoms with Crippen LogP contribution in [-0.2, 0) is 6.54 Å². The van der Waals surface area contributed by atoms with E-state index in [0.29, 0.717) is 5.56 Å². The third-order valence-electron chi connectivity index (χ3n) is 3.66. The van der Waals surface area contributed by atoms with Gasteiger partial charge in [-0.05, 0) is 26.3 Å². The van der Waals surface area contributed by atoms with Crippen molar-refractivity contribution in [2.45, 2.75) is 32.9 Å². The second-order valence-corrected chi connectivity index (χ2v) is 6.49. The van der Waals surface area contributed by atoms with Crippen LogP contribution in [0.2, 0.25) is 0 Å². The maximum absolute atomic E-state index is 14.0. The second kappa shape index (κ2) is 6.82. The number of nitrogens with zero attached hydrogens (tertiary/aromatic N) is 1. The third-order valence-corrected chi connectivity index (χ3v) is 3.66. The molecule has 0 aromatic heterocycles. The van der Waals surface area contributed by atoms with Crippen molar-refractivity contribution in [3.63, 3.8) is 0 Å². The molecule has 0 N–H and O–H groups in total. The molecule has 0 radical (unpaired) electrons. The zero-order valence-corrected chi connectivity index (χ0v) is 13.8. The number of hydrogen-bond acceptors (Lipinski definition) is 1. The van der Waals surface area contributed by atoms with Gasteiger partial charge in [-0.2, -0.15) is 0 Å². The van der Waals surface area contributed by atoms with Crippen LogP contribution in [-0.4, -0.2) is 16.3 Å². The predicted octanol–water partition coefficient (Wildman–Crippen LogP) is 4.82. The molecule has 2 rings (SSSR count). The largest absolute Gasteiger partial charge is 0.329 e. The Morgan fingerprint density at radius 1 is 0.840 bits per heavy atom. The Morgan fingerprint density at radius 2 is 1.28 bits per heavy atom. The number of halogens is 5. The first-order valence-corrected chi connectivity index (χ1v) is 7.43. The summed E-state index contributed by atoms with van der Waals surface area (Å²) in [6.45, 7) is 4.74. The highest BCUT2D eigenvalue weighted by molar-refractivity contribution is 5.95. The highest BCUT2D eigenvalue weighted by Crippen LogP contribution is 2.27. The monoisotopic (exact) mass is 357 g/mol. The van der Waals surface area contributed by atoms with E-state index in [2.05, 4.69) is 0 Å². The van der Waals surface area contributed by atoms with Crippen molar-refractivity contribution in [3.05, 3.63) is 70.5 Å². The zero-order chi connectivity index (χ0) is 18.9. The Kier molecular flexibility index (Phi) is 5.15. The van der Waals surface area contributed by atoms with Crippen LogP contribution in [0.25, 0.3) is 0 Å². The molecule has 1 amide bonds. The van der Waals surface area contributed by atoms with Gasteiger partial charge in [0.25, 0.3) is 5.91 Å². The minimum Gasteiger partial charge on any atom is -0.329 e. The topological polar surface area (TPSA) is 20.3 Å². The fourth-order valence-electron chi connectivity index (χ4n) is 2.31. The standard InChI is InChI=1S/C18H16F5NO/c1-18(2,3)24(9-10-7-5-4-6-8-10)17(25)11-12(19)14(21)16(23)15(22)13(11)20/h4-8H,9H2,1-3H3. The summed E-state index contributed by atoms with van der Waals surface area (Å²) in [6, 6.07) is 8.53. The maximum Gasteiger partial charge on any atom is 0.260 e. The molecule has 0 atom stereocenters. The molecule has 0 spiro atoms. The van der Waals surface area contributed by atoms with Crippen LogP contribution in [0, 0.1) is 29.1 Å². The first kappa shape index (κ1) is 18.9. The van der Waals surface area contributed by atoms with Crippen LogP contribution in [0.4, 0.5) is 22.0 Å². The Labute approximate surface area is 141 Å². The summed E-state index contributed by atoms with van der Waals surface area (Å²) in [7, 11) is 0. The molecule has 2 aromatic carbocycles. The molecule has 0 saturated carbocycles. The quantitative estimate of drug-likeness (QED) is 0.438. The Hall–Kier alpha value is -2.44. The average Bonchev–Trinajstić information content (AvgIpc) is 2.56. The average molecular weight is 357 g/mol. The van der Waals surface area contributed by atoms with E-state index < -0.39 is 46.1 Å². The number of benzene rings is 2. The molecule has 7 heteroatoms. The lowest BCUT2D eigenvalue weighted by Gasteiger charge is -2.36. The van der Waals surface area contributed by atoms with Gasteiger partial charge in [0.15, 0.2) is 23.3 Å². The van der Waals surface area contributed by atoms with Crippen LogP contribution >= 0.6 is 0 Å². The molecule has 2 aromatic rings. The molecular weight excluding hydrogens is 341 g/mol. The molecule has 0 aliphatic heterocycles. The number of rotatable bonds is 3. The van der Waals surface area contributed by atoms with E-state index in [1.54, 1.807) is 51.1 Å². The van der Waals surface area contributed by atoms with Gasteiger partial charge in [-0.3, -0.25) is 4.79 Å². The lowest BCUT2D eigenvalue weighted by Crippen LogP contribution is -2.45. The summed E-state index contributed by atoms with van der Waals surface area (Å²) in [5, 5.41) is 0. The molecule has 0 fully saturated rings. The summed E-state index contributed by atoms with van der Waals surface area (Å²) < 4.78 is 68.0. The summed E-state index contributed by atoms with van der Waals surface area (Å²) in [4.78, 5) is 13.7. The number of hydrogen-bond donors (Lipinski definition) is 0. The Morgan fingerprint density at radius 3 is 1.72 bits per heavy atom. The fourth-order valence-corrected chi connectivity index (χ4v) is 2.31. The van der Waals surface area contributed by atoms with Crippen LogP contribution in [0.15, 0.2) is 30.3 Å². The van der Waals surface area contributed by atoms with Crippen molar-refractivity contribution in [3.8, 4) is 0 Å². The van der Waals surface area contributed by atoms with Crippen LogP contribution < -0.4 is 0 Å². The van der Waals surface area contributed by atoms with Gasteiger partial charge in [0.1, 0.15) is 5.56 Å². The zero-order valence-electron chi connectivity index (χ0n) is 13.8. The van der Waals surface area contributed by atoms with Gasteiger partial charge < -0.3 is 4.90 Å². The van der Waals surface area contributed by atoms with Crippen molar-refractivity contribution < 1.29 is 26.7 Å². The van der Waals surface area contributed by atoms with Gasteiger partial charge in [0, 0.05) is 12.1 Å². The molecule has 25 heavy (non-hydrogen) atoms. The van der Waals surface area contributed by atoms with Crippen molar-refractivity contribution in [2.75, 3.05) is 0 Å². The second-order valence-electron chi connectivity index (χ2n) is 6.49. The van der Waals surface area contributed by atoms with Gasteiger partial charge in [-0.15, -0.1) is 0 Å². The smallest absolute Gasteiger partial charge is 0.260 e. The normalized spacial score (nSPS) is 11.5. The minimum absolute atomic E-state index is 0.0529. The third kappa shape index (κ3) is 3.65. The summed E-state index contributed by atoms with van der Waals surface area (Å²) in [5.41, 5.74) is -1.73. The van der Waals surface area contributed by atoms with E-state index >= 15 is 0 Å². The summed E-state index contributed by atoms with van der Waals surface area (Å²) >= 11 is 0. The van der Waals surface area contributed by atoms with Crippen LogP contribution in [0.3, 0.4) is 0 Å². The molecule has 0 aliphatic carbocycles. The van der Waals surface area contributed by atoms with Crippen molar-refractivity contribution >= 4 is 5.91 Å².